The third-order valence-corrected chi connectivity index (χ3v) is 2.93. The molecule has 0 saturated heterocycles. The van der Waals surface area contributed by atoms with E-state index >= 15 is 0 Å². The molecule has 0 aliphatic carbocycles. The van der Waals surface area contributed by atoms with Gasteiger partial charge in [-0.15, -0.1) is 0 Å². The second-order valence-electron chi connectivity index (χ2n) is 3.56. The Bertz CT molecular complexity index is 560. The van der Waals surface area contributed by atoms with Crippen molar-refractivity contribution in [2.45, 2.75) is 6.54 Å². The predicted molar refractivity (Wildman–Crippen MR) is 69.5 cm³/mol. The fourth-order valence-corrected chi connectivity index (χ4v) is 1.96. The van der Waals surface area contributed by atoms with Crippen LogP contribution >= 0.6 is 23.2 Å². The zero-order valence-electron chi connectivity index (χ0n) is 9.11. The number of furan rings is 1. The summed E-state index contributed by atoms with van der Waals surface area (Å²) in [6.07, 6.45) is 1.19. The van der Waals surface area contributed by atoms with Gasteiger partial charge in [0.25, 0.3) is 0 Å². The molecular weight excluding hydrogens is 277 g/mol. The topological polar surface area (TPSA) is 62.5 Å². The number of aromatic carboxylic acids is 1. The highest BCUT2D eigenvalue weighted by Crippen LogP contribution is 2.30. The van der Waals surface area contributed by atoms with Crippen molar-refractivity contribution in [3.05, 3.63) is 51.9 Å². The van der Waals surface area contributed by atoms with Crippen LogP contribution in [0, 0.1) is 0 Å². The van der Waals surface area contributed by atoms with Crippen molar-refractivity contribution < 1.29 is 14.3 Å². The van der Waals surface area contributed by atoms with Gasteiger partial charge in [-0.3, -0.25) is 0 Å². The number of halogens is 2. The summed E-state index contributed by atoms with van der Waals surface area (Å²) >= 11 is 12.0. The minimum absolute atomic E-state index is 0.108. The van der Waals surface area contributed by atoms with Crippen molar-refractivity contribution >= 4 is 34.9 Å². The number of benzene rings is 1. The van der Waals surface area contributed by atoms with Crippen LogP contribution in [0.25, 0.3) is 0 Å². The minimum atomic E-state index is -1.03. The van der Waals surface area contributed by atoms with Gasteiger partial charge >= 0.3 is 5.97 Å². The molecule has 0 aliphatic rings. The SMILES string of the molecule is O=C(O)c1coc(CNc2c(Cl)cccc2Cl)c1. The van der Waals surface area contributed by atoms with Crippen molar-refractivity contribution in [1.29, 1.82) is 0 Å². The molecular formula is C12H9Cl2NO3. The molecule has 0 atom stereocenters. The molecule has 2 aromatic rings. The summed E-state index contributed by atoms with van der Waals surface area (Å²) in [5.41, 5.74) is 0.700. The molecule has 0 saturated carbocycles. The van der Waals surface area contributed by atoms with E-state index in [4.69, 9.17) is 32.7 Å². The first kappa shape index (κ1) is 12.8. The van der Waals surface area contributed by atoms with Crippen LogP contribution in [0.5, 0.6) is 0 Å². The van der Waals surface area contributed by atoms with Crippen molar-refractivity contribution in [2.75, 3.05) is 5.32 Å². The summed E-state index contributed by atoms with van der Waals surface area (Å²) < 4.78 is 5.10. The molecule has 18 heavy (non-hydrogen) atoms. The maximum Gasteiger partial charge on any atom is 0.338 e. The normalized spacial score (nSPS) is 10.3. The van der Waals surface area contributed by atoms with Gasteiger partial charge in [0, 0.05) is 0 Å². The Kier molecular flexibility index (Phi) is 3.79. The van der Waals surface area contributed by atoms with Crippen LogP contribution in [0.4, 0.5) is 5.69 Å². The van der Waals surface area contributed by atoms with E-state index < -0.39 is 5.97 Å². The molecule has 0 aliphatic heterocycles. The zero-order valence-corrected chi connectivity index (χ0v) is 10.6. The second-order valence-corrected chi connectivity index (χ2v) is 4.37. The van der Waals surface area contributed by atoms with Gasteiger partial charge in [0.2, 0.25) is 0 Å². The van der Waals surface area contributed by atoms with E-state index in [1.165, 1.54) is 12.3 Å². The third kappa shape index (κ3) is 2.78. The summed E-state index contributed by atoms with van der Waals surface area (Å²) in [5, 5.41) is 12.7. The Labute approximate surface area is 113 Å². The molecule has 0 unspecified atom stereocenters. The van der Waals surface area contributed by atoms with Gasteiger partial charge in [-0.2, -0.15) is 0 Å². The van der Waals surface area contributed by atoms with E-state index in [0.29, 0.717) is 28.0 Å². The summed E-state index contributed by atoms with van der Waals surface area (Å²) in [6, 6.07) is 6.60. The molecule has 4 nitrogen and oxygen atoms in total. The van der Waals surface area contributed by atoms with Crippen LogP contribution in [0.2, 0.25) is 10.0 Å². The van der Waals surface area contributed by atoms with Gasteiger partial charge in [0.1, 0.15) is 12.0 Å². The van der Waals surface area contributed by atoms with Crippen LogP contribution in [0.1, 0.15) is 16.1 Å². The van der Waals surface area contributed by atoms with E-state index in [1.54, 1.807) is 18.2 Å². The average molecular weight is 286 g/mol. The molecule has 0 radical (unpaired) electrons. The lowest BCUT2D eigenvalue weighted by atomic mass is 10.3. The first-order valence-electron chi connectivity index (χ1n) is 5.06. The van der Waals surface area contributed by atoms with Crippen LogP contribution in [-0.4, -0.2) is 11.1 Å². The number of nitrogens with one attached hydrogen (secondary N) is 1. The number of para-hydroxylation sites is 1. The van der Waals surface area contributed by atoms with Gasteiger partial charge in [-0.25, -0.2) is 4.79 Å². The monoisotopic (exact) mass is 285 g/mol. The standard InChI is InChI=1S/C12H9Cl2NO3/c13-9-2-1-3-10(14)11(9)15-5-8-4-7(6-18-8)12(16)17/h1-4,6,15H,5H2,(H,16,17). The Balaban J connectivity index is 2.09. The minimum Gasteiger partial charge on any atom is -0.478 e. The lowest BCUT2D eigenvalue weighted by molar-refractivity contribution is 0.0696. The summed E-state index contributed by atoms with van der Waals surface area (Å²) in [7, 11) is 0. The van der Waals surface area contributed by atoms with E-state index in [9.17, 15) is 4.79 Å². The highest BCUT2D eigenvalue weighted by molar-refractivity contribution is 6.39. The maximum atomic E-state index is 10.7. The van der Waals surface area contributed by atoms with Crippen molar-refractivity contribution in [1.82, 2.24) is 0 Å². The van der Waals surface area contributed by atoms with Crippen molar-refractivity contribution in [3.63, 3.8) is 0 Å². The number of hydrogen-bond acceptors (Lipinski definition) is 3. The number of anilines is 1. The number of carbonyl (C=O) groups is 1. The smallest absolute Gasteiger partial charge is 0.338 e. The Morgan fingerprint density at radius 3 is 2.56 bits per heavy atom. The lowest BCUT2D eigenvalue weighted by Gasteiger charge is -2.08. The second kappa shape index (κ2) is 5.33. The molecule has 1 aromatic heterocycles. The van der Waals surface area contributed by atoms with Gasteiger partial charge in [-0.1, -0.05) is 29.3 Å². The molecule has 6 heteroatoms. The molecule has 2 rings (SSSR count). The number of rotatable bonds is 4. The zero-order chi connectivity index (χ0) is 13.1. The molecule has 0 bridgehead atoms. The summed E-state index contributed by atoms with van der Waals surface area (Å²) in [6.45, 7) is 0.302. The van der Waals surface area contributed by atoms with Crippen LogP contribution in [-0.2, 0) is 6.54 Å². The third-order valence-electron chi connectivity index (χ3n) is 2.30. The van der Waals surface area contributed by atoms with Crippen LogP contribution in [0.3, 0.4) is 0 Å². The molecule has 0 spiro atoms. The molecule has 1 aromatic carbocycles. The van der Waals surface area contributed by atoms with E-state index in [1.807, 2.05) is 0 Å². The molecule has 1 heterocycles. The van der Waals surface area contributed by atoms with Crippen molar-refractivity contribution in [3.8, 4) is 0 Å². The molecule has 0 fully saturated rings. The lowest BCUT2D eigenvalue weighted by Crippen LogP contribution is -1.99. The van der Waals surface area contributed by atoms with E-state index in [2.05, 4.69) is 5.32 Å². The number of carboxylic acid groups (broad SMARTS) is 1. The van der Waals surface area contributed by atoms with Gasteiger partial charge in [-0.05, 0) is 18.2 Å². The van der Waals surface area contributed by atoms with Crippen LogP contribution in [0.15, 0.2) is 34.9 Å². The highest BCUT2D eigenvalue weighted by atomic mass is 35.5. The number of hydrogen-bond donors (Lipinski definition) is 2. The Hall–Kier alpha value is -1.65. The average Bonchev–Trinajstić information content (AvgIpc) is 2.77. The van der Waals surface area contributed by atoms with Crippen molar-refractivity contribution in [2.24, 2.45) is 0 Å². The maximum absolute atomic E-state index is 10.7. The first-order chi connectivity index (χ1) is 8.58. The Morgan fingerprint density at radius 1 is 1.33 bits per heavy atom. The molecule has 2 N–H and O–H groups in total. The summed E-state index contributed by atoms with van der Waals surface area (Å²) in [4.78, 5) is 10.7. The quantitative estimate of drug-likeness (QED) is 0.894. The van der Waals surface area contributed by atoms with Gasteiger partial charge < -0.3 is 14.8 Å². The first-order valence-corrected chi connectivity index (χ1v) is 5.82. The Morgan fingerprint density at radius 2 is 2.00 bits per heavy atom. The van der Waals surface area contributed by atoms with Gasteiger partial charge in [0.05, 0.1) is 27.8 Å². The number of carboxylic acids is 1. The van der Waals surface area contributed by atoms with Gasteiger partial charge in [0.15, 0.2) is 0 Å². The highest BCUT2D eigenvalue weighted by Gasteiger charge is 2.09. The fraction of sp³-hybridized carbons (Fsp3) is 0.0833. The predicted octanol–water partition coefficient (Wildman–Crippen LogP) is 3.90. The molecule has 94 valence electrons. The fourth-order valence-electron chi connectivity index (χ4n) is 1.43. The van der Waals surface area contributed by atoms with Crippen LogP contribution < -0.4 is 5.32 Å². The largest absolute Gasteiger partial charge is 0.478 e. The molecule has 0 amide bonds. The van der Waals surface area contributed by atoms with E-state index in [0.717, 1.165) is 0 Å². The summed E-state index contributed by atoms with van der Waals surface area (Å²) in [5.74, 6) is -0.538. The van der Waals surface area contributed by atoms with E-state index in [-0.39, 0.29) is 5.56 Å².